The second-order valence-electron chi connectivity index (χ2n) is 9.51. The number of aliphatic hydroxyl groups excluding tert-OH is 2. The van der Waals surface area contributed by atoms with Gasteiger partial charge in [0.2, 0.25) is 0 Å². The summed E-state index contributed by atoms with van der Waals surface area (Å²) < 4.78 is 33.2. The van der Waals surface area contributed by atoms with E-state index in [0.29, 0.717) is 24.1 Å². The largest absolute Gasteiger partial charge is 0.748 e. The van der Waals surface area contributed by atoms with Crippen molar-refractivity contribution in [1.82, 2.24) is 0 Å². The molecule has 1 heterocycles. The molecule has 0 aliphatic carbocycles. The molecule has 194 valence electrons. The molecule has 2 N–H and O–H groups in total. The molecular formula is C25H48N2O5S. The van der Waals surface area contributed by atoms with Crippen molar-refractivity contribution in [2.45, 2.75) is 103 Å². The second-order valence-corrected chi connectivity index (χ2v) is 11.0. The zero-order valence-electron chi connectivity index (χ0n) is 20.8. The molecule has 0 spiro atoms. The van der Waals surface area contributed by atoms with Gasteiger partial charge in [0.15, 0.2) is 5.84 Å². The molecule has 7 nitrogen and oxygen atoms in total. The van der Waals surface area contributed by atoms with Gasteiger partial charge in [-0.15, -0.1) is 0 Å². The number of allylic oxidation sites excluding steroid dienone is 2. The molecule has 0 bridgehead atoms. The minimum atomic E-state index is -4.48. The van der Waals surface area contributed by atoms with Gasteiger partial charge in [0.05, 0.1) is 29.0 Å². The lowest BCUT2D eigenvalue weighted by molar-refractivity contribution is -0.840. The van der Waals surface area contributed by atoms with Gasteiger partial charge in [0, 0.05) is 6.42 Å². The number of nitrogens with zero attached hydrogens (tertiary/aromatic N) is 2. The van der Waals surface area contributed by atoms with Gasteiger partial charge >= 0.3 is 0 Å². The highest BCUT2D eigenvalue weighted by molar-refractivity contribution is 7.85. The number of unbranched alkanes of at least 4 members (excludes halogenated alkanes) is 11. The molecule has 0 radical (unpaired) electrons. The summed E-state index contributed by atoms with van der Waals surface area (Å²) in [5, 5.41) is 19.6. The Labute approximate surface area is 202 Å². The van der Waals surface area contributed by atoms with E-state index in [4.69, 9.17) is 0 Å². The summed E-state index contributed by atoms with van der Waals surface area (Å²) in [6.07, 6.45) is 20.4. The molecule has 1 rings (SSSR count). The van der Waals surface area contributed by atoms with E-state index in [1.807, 2.05) is 0 Å². The average Bonchev–Trinajstić information content (AvgIpc) is 3.11. The topological polar surface area (TPSA) is 110 Å². The summed E-state index contributed by atoms with van der Waals surface area (Å²) in [5.74, 6) is 0.128. The predicted octanol–water partition coefficient (Wildman–Crippen LogP) is 4.15. The Morgan fingerprint density at radius 3 is 2.15 bits per heavy atom. The molecule has 33 heavy (non-hydrogen) atoms. The summed E-state index contributed by atoms with van der Waals surface area (Å²) in [7, 11) is -4.48. The van der Waals surface area contributed by atoms with E-state index >= 15 is 0 Å². The van der Waals surface area contributed by atoms with Gasteiger partial charge in [-0.2, -0.15) is 0 Å². The van der Waals surface area contributed by atoms with Crippen molar-refractivity contribution in [2.75, 3.05) is 38.5 Å². The molecule has 0 saturated heterocycles. The lowest BCUT2D eigenvalue weighted by Gasteiger charge is -2.36. The summed E-state index contributed by atoms with van der Waals surface area (Å²) in [5.41, 5.74) is 0. The first-order valence-electron chi connectivity index (χ1n) is 13.1. The van der Waals surface area contributed by atoms with E-state index in [-0.39, 0.29) is 13.2 Å². The van der Waals surface area contributed by atoms with Crippen LogP contribution in [-0.2, 0) is 10.1 Å². The number of rotatable bonds is 21. The maximum absolute atomic E-state index is 11.0. The monoisotopic (exact) mass is 488 g/mol. The maximum Gasteiger partial charge on any atom is 0.198 e. The summed E-state index contributed by atoms with van der Waals surface area (Å²) in [4.78, 5) is 4.59. The van der Waals surface area contributed by atoms with Crippen molar-refractivity contribution in [3.05, 3.63) is 12.2 Å². The Hall–Kier alpha value is -0.800. The van der Waals surface area contributed by atoms with E-state index in [2.05, 4.69) is 24.1 Å². The first-order chi connectivity index (χ1) is 15.8. The fraction of sp³-hybridized carbons (Fsp3) is 0.880. The Morgan fingerprint density at radius 1 is 1.00 bits per heavy atom. The van der Waals surface area contributed by atoms with Gasteiger partial charge in [0.25, 0.3) is 0 Å². The minimum Gasteiger partial charge on any atom is -0.748 e. The number of hydrogen-bond donors (Lipinski definition) is 2. The highest BCUT2D eigenvalue weighted by Crippen LogP contribution is 2.21. The van der Waals surface area contributed by atoms with Crippen molar-refractivity contribution in [2.24, 2.45) is 4.99 Å². The predicted molar refractivity (Wildman–Crippen MR) is 134 cm³/mol. The smallest absolute Gasteiger partial charge is 0.198 e. The quantitative estimate of drug-likeness (QED) is 0.109. The number of hydrogen-bond acceptors (Lipinski definition) is 6. The molecule has 0 aromatic heterocycles. The van der Waals surface area contributed by atoms with Crippen LogP contribution in [0.2, 0.25) is 0 Å². The van der Waals surface area contributed by atoms with E-state index < -0.39 is 22.0 Å². The number of aliphatic imine (C=N–C) groups is 1. The molecule has 0 fully saturated rings. The highest BCUT2D eigenvalue weighted by atomic mass is 32.2. The van der Waals surface area contributed by atoms with Crippen molar-refractivity contribution < 1.29 is 27.7 Å². The fourth-order valence-corrected chi connectivity index (χ4v) is 5.31. The molecule has 1 aliphatic heterocycles. The standard InChI is InChI=1S/C25H48N2O5S/c1-2-3-4-5-6-7-8-9-10-11-12-13-14-15-16-17-25-26-18-19-27(25,20-21-28)22-24(29)23-33(30,31)32/h9-10,24,28-29H,2-8,11-23H2,1H3/b10-9+. The van der Waals surface area contributed by atoms with Crippen LogP contribution in [0.25, 0.3) is 0 Å². The van der Waals surface area contributed by atoms with Crippen LogP contribution in [0.15, 0.2) is 17.1 Å². The van der Waals surface area contributed by atoms with Crippen LogP contribution in [0.5, 0.6) is 0 Å². The molecule has 0 saturated carbocycles. The van der Waals surface area contributed by atoms with Crippen LogP contribution in [0.4, 0.5) is 0 Å². The van der Waals surface area contributed by atoms with E-state index in [9.17, 15) is 23.2 Å². The Morgan fingerprint density at radius 2 is 1.58 bits per heavy atom. The van der Waals surface area contributed by atoms with Crippen LogP contribution in [0, 0.1) is 0 Å². The Bertz CT molecular complexity index is 666. The zero-order chi connectivity index (χ0) is 24.4. The fourth-order valence-electron chi connectivity index (χ4n) is 4.73. The van der Waals surface area contributed by atoms with Crippen LogP contribution < -0.4 is 0 Å². The molecule has 1 aliphatic rings. The maximum atomic E-state index is 11.0. The van der Waals surface area contributed by atoms with E-state index in [0.717, 1.165) is 31.5 Å². The van der Waals surface area contributed by atoms with E-state index in [1.165, 1.54) is 64.2 Å². The Kier molecular flexibility index (Phi) is 16.1. The van der Waals surface area contributed by atoms with Gasteiger partial charge in [0.1, 0.15) is 25.7 Å². The van der Waals surface area contributed by atoms with Crippen LogP contribution in [0.1, 0.15) is 96.8 Å². The minimum absolute atomic E-state index is 0.0672. The summed E-state index contributed by atoms with van der Waals surface area (Å²) in [6.45, 7) is 3.93. The van der Waals surface area contributed by atoms with Gasteiger partial charge in [-0.1, -0.05) is 70.4 Å². The van der Waals surface area contributed by atoms with Crippen LogP contribution in [0.3, 0.4) is 0 Å². The highest BCUT2D eigenvalue weighted by Gasteiger charge is 2.39. The van der Waals surface area contributed by atoms with Gasteiger partial charge in [-0.25, -0.2) is 13.4 Å². The lowest BCUT2D eigenvalue weighted by Crippen LogP contribution is -2.57. The van der Waals surface area contributed by atoms with Crippen molar-refractivity contribution in [1.29, 1.82) is 0 Å². The Balaban J connectivity index is 2.19. The summed E-state index contributed by atoms with van der Waals surface area (Å²) >= 11 is 0. The molecule has 2 atom stereocenters. The second kappa shape index (κ2) is 17.6. The SMILES string of the molecule is CCCCCCCC/C=C/CCCCCCCC1=NCC[N+]1(CCO)CC(O)CS(=O)(=O)[O-]. The number of aliphatic hydroxyl groups is 2. The van der Waals surface area contributed by atoms with Gasteiger partial charge in [-0.3, -0.25) is 4.48 Å². The van der Waals surface area contributed by atoms with Gasteiger partial charge in [-0.05, 0) is 32.1 Å². The van der Waals surface area contributed by atoms with Gasteiger partial charge < -0.3 is 14.8 Å². The normalized spacial score (nSPS) is 19.9. The third-order valence-corrected chi connectivity index (χ3v) is 7.31. The third kappa shape index (κ3) is 14.3. The van der Waals surface area contributed by atoms with Crippen molar-refractivity contribution in [3.63, 3.8) is 0 Å². The molecule has 2 unspecified atom stereocenters. The molecule has 0 aromatic carbocycles. The first kappa shape index (κ1) is 30.2. The first-order valence-corrected chi connectivity index (χ1v) is 14.7. The molecule has 0 aromatic rings. The molecule has 8 heteroatoms. The van der Waals surface area contributed by atoms with E-state index in [1.54, 1.807) is 0 Å². The number of amidine groups is 1. The summed E-state index contributed by atoms with van der Waals surface area (Å²) in [6, 6.07) is 0. The van der Waals surface area contributed by atoms with Crippen molar-refractivity contribution >= 4 is 16.0 Å². The van der Waals surface area contributed by atoms with Crippen LogP contribution in [-0.4, -0.2) is 78.1 Å². The lowest BCUT2D eigenvalue weighted by atomic mass is 10.1. The average molecular weight is 489 g/mol. The third-order valence-electron chi connectivity index (χ3n) is 6.52. The molecular weight excluding hydrogens is 440 g/mol. The van der Waals surface area contributed by atoms with Crippen molar-refractivity contribution in [3.8, 4) is 0 Å². The van der Waals surface area contributed by atoms with Crippen LogP contribution >= 0.6 is 0 Å². The molecule has 0 amide bonds. The zero-order valence-corrected chi connectivity index (χ0v) is 21.6. The number of quaternary nitrogens is 1.